The van der Waals surface area contributed by atoms with Gasteiger partial charge in [0.15, 0.2) is 0 Å². The minimum absolute atomic E-state index is 0.138. The quantitative estimate of drug-likeness (QED) is 0.337. The molecule has 1 aliphatic heterocycles. The maximum atomic E-state index is 14.3. The Bertz CT molecular complexity index is 1130. The first kappa shape index (κ1) is 27.7. The number of likely N-dealkylation sites (tertiary alicyclic amines) is 1. The molecule has 1 fully saturated rings. The average Bonchev–Trinajstić information content (AvgIpc) is 2.93. The van der Waals surface area contributed by atoms with Gasteiger partial charge in [-0.15, -0.1) is 0 Å². The average molecular weight is 540 g/mol. The Morgan fingerprint density at radius 1 is 0.892 bits per heavy atom. The highest BCUT2D eigenvalue weighted by Gasteiger charge is 2.44. The molecule has 0 saturated carbocycles. The second-order valence-corrected chi connectivity index (χ2v) is 10.7. The third kappa shape index (κ3) is 5.73. The lowest BCUT2D eigenvalue weighted by Crippen LogP contribution is -2.50. The van der Waals surface area contributed by atoms with Gasteiger partial charge in [0, 0.05) is 26.2 Å². The van der Waals surface area contributed by atoms with Crippen LogP contribution >= 0.6 is 23.2 Å². The molecule has 0 aliphatic carbocycles. The lowest BCUT2D eigenvalue weighted by Gasteiger charge is -2.42. The summed E-state index contributed by atoms with van der Waals surface area (Å²) < 4.78 is 0. The third-order valence-electron chi connectivity index (χ3n) is 7.89. The molecule has 0 bridgehead atoms. The van der Waals surface area contributed by atoms with Crippen molar-refractivity contribution < 1.29 is 9.90 Å². The number of rotatable bonds is 9. The number of carbonyl (C=O) groups is 1. The maximum Gasteiger partial charge on any atom is 0.237 e. The van der Waals surface area contributed by atoms with Crippen molar-refractivity contribution in [1.29, 1.82) is 0 Å². The fourth-order valence-corrected chi connectivity index (χ4v) is 5.88. The summed E-state index contributed by atoms with van der Waals surface area (Å²) in [6.07, 6.45) is 1.85. The van der Waals surface area contributed by atoms with E-state index < -0.39 is 11.0 Å². The lowest BCUT2D eigenvalue weighted by molar-refractivity contribution is -0.136. The summed E-state index contributed by atoms with van der Waals surface area (Å²) in [4.78, 5) is 18.6. The molecule has 1 heterocycles. The van der Waals surface area contributed by atoms with E-state index in [9.17, 15) is 9.90 Å². The van der Waals surface area contributed by atoms with Gasteiger partial charge in [-0.2, -0.15) is 0 Å². The molecule has 0 atom stereocenters. The van der Waals surface area contributed by atoms with Gasteiger partial charge >= 0.3 is 0 Å². The summed E-state index contributed by atoms with van der Waals surface area (Å²) in [5, 5.41) is 12.3. The normalized spacial score (nSPS) is 15.9. The highest BCUT2D eigenvalue weighted by atomic mass is 35.5. The monoisotopic (exact) mass is 538 g/mol. The van der Waals surface area contributed by atoms with Gasteiger partial charge in [-0.05, 0) is 68.5 Å². The maximum absolute atomic E-state index is 14.3. The molecule has 1 amide bonds. The van der Waals surface area contributed by atoms with Gasteiger partial charge in [-0.3, -0.25) is 4.79 Å². The zero-order chi connectivity index (χ0) is 26.5. The molecule has 37 heavy (non-hydrogen) atoms. The summed E-state index contributed by atoms with van der Waals surface area (Å²) >= 11 is 12.3. The van der Waals surface area contributed by atoms with E-state index in [2.05, 4.69) is 29.2 Å². The Balaban J connectivity index is 1.60. The van der Waals surface area contributed by atoms with Crippen molar-refractivity contribution >= 4 is 29.1 Å². The van der Waals surface area contributed by atoms with Crippen molar-refractivity contribution in [1.82, 2.24) is 9.80 Å². The summed E-state index contributed by atoms with van der Waals surface area (Å²) in [6, 6.07) is 25.7. The van der Waals surface area contributed by atoms with Crippen molar-refractivity contribution in [3.8, 4) is 0 Å². The molecule has 0 unspecified atom stereocenters. The van der Waals surface area contributed by atoms with Gasteiger partial charge < -0.3 is 14.9 Å². The number of hydrogen-bond donors (Lipinski definition) is 1. The SMILES string of the molecule is CCN(CC)C(=O)C(CCN1CCC(O)(c2ccc(Cl)c(Cl)c2)CC1)(c1ccccc1)c1ccccc1. The molecule has 1 aliphatic rings. The van der Waals surface area contributed by atoms with Gasteiger partial charge in [0.05, 0.1) is 15.6 Å². The van der Waals surface area contributed by atoms with Crippen LogP contribution in [-0.4, -0.2) is 53.5 Å². The first-order valence-electron chi connectivity index (χ1n) is 13.1. The van der Waals surface area contributed by atoms with Crippen LogP contribution in [0.2, 0.25) is 10.0 Å². The molecule has 0 radical (unpaired) electrons. The molecule has 1 N–H and O–H groups in total. The van der Waals surface area contributed by atoms with Gasteiger partial charge in [0.1, 0.15) is 5.41 Å². The smallest absolute Gasteiger partial charge is 0.237 e. The first-order chi connectivity index (χ1) is 17.8. The third-order valence-corrected chi connectivity index (χ3v) is 8.63. The van der Waals surface area contributed by atoms with Crippen molar-refractivity contribution in [2.45, 2.75) is 44.1 Å². The van der Waals surface area contributed by atoms with E-state index in [4.69, 9.17) is 23.2 Å². The summed E-state index contributed by atoms with van der Waals surface area (Å²) in [5.41, 5.74) is 1.12. The van der Waals surface area contributed by atoms with Crippen LogP contribution in [0.5, 0.6) is 0 Å². The van der Waals surface area contributed by atoms with Crippen molar-refractivity contribution in [2.24, 2.45) is 0 Å². The van der Waals surface area contributed by atoms with E-state index in [1.165, 1.54) is 0 Å². The molecule has 1 saturated heterocycles. The van der Waals surface area contributed by atoms with E-state index >= 15 is 0 Å². The molecule has 4 rings (SSSR count). The minimum Gasteiger partial charge on any atom is -0.385 e. The predicted molar refractivity (Wildman–Crippen MR) is 152 cm³/mol. The Labute approximate surface area is 230 Å². The largest absolute Gasteiger partial charge is 0.385 e. The fourth-order valence-electron chi connectivity index (χ4n) is 5.58. The van der Waals surface area contributed by atoms with Gasteiger partial charge in [-0.1, -0.05) is 89.9 Å². The first-order valence-corrected chi connectivity index (χ1v) is 13.9. The minimum atomic E-state index is -0.933. The zero-order valence-electron chi connectivity index (χ0n) is 21.7. The van der Waals surface area contributed by atoms with E-state index in [1.807, 2.05) is 61.2 Å². The second kappa shape index (κ2) is 12.0. The summed E-state index contributed by atoms with van der Waals surface area (Å²) in [6.45, 7) is 7.61. The molecule has 0 spiro atoms. The van der Waals surface area contributed by atoms with E-state index in [-0.39, 0.29) is 5.91 Å². The molecular formula is C31H36Cl2N2O2. The van der Waals surface area contributed by atoms with Crippen LogP contribution in [0.1, 0.15) is 49.8 Å². The highest BCUT2D eigenvalue weighted by Crippen LogP contribution is 2.40. The standard InChI is InChI=1S/C31H36Cl2N2O2/c1-3-35(4-2)29(36)31(24-11-7-5-8-12-24,25-13-9-6-10-14-25)19-22-34-20-17-30(37,18-21-34)26-15-16-27(32)28(33)23-26/h5-16,23,37H,3-4,17-22H2,1-2H3. The van der Waals surface area contributed by atoms with E-state index in [1.54, 1.807) is 12.1 Å². The van der Waals surface area contributed by atoms with Crippen LogP contribution in [0.25, 0.3) is 0 Å². The van der Waals surface area contributed by atoms with Crippen LogP contribution < -0.4 is 0 Å². The Morgan fingerprint density at radius 2 is 1.43 bits per heavy atom. The van der Waals surface area contributed by atoms with Crippen molar-refractivity contribution in [2.75, 3.05) is 32.7 Å². The fraction of sp³-hybridized carbons (Fsp3) is 0.387. The van der Waals surface area contributed by atoms with Gasteiger partial charge in [0.25, 0.3) is 0 Å². The number of halogens is 2. The summed E-state index contributed by atoms with van der Waals surface area (Å²) in [5.74, 6) is 0.138. The zero-order valence-corrected chi connectivity index (χ0v) is 23.2. The summed E-state index contributed by atoms with van der Waals surface area (Å²) in [7, 11) is 0. The van der Waals surface area contributed by atoms with Crippen molar-refractivity contribution in [3.63, 3.8) is 0 Å². The lowest BCUT2D eigenvalue weighted by atomic mass is 9.70. The number of nitrogens with zero attached hydrogens (tertiary/aromatic N) is 2. The Morgan fingerprint density at radius 3 is 1.92 bits per heavy atom. The number of likely N-dealkylation sites (N-methyl/N-ethyl adjacent to an activating group) is 1. The van der Waals surface area contributed by atoms with Gasteiger partial charge in [-0.25, -0.2) is 0 Å². The van der Waals surface area contributed by atoms with Crippen LogP contribution in [0.4, 0.5) is 0 Å². The predicted octanol–water partition coefficient (Wildman–Crippen LogP) is 6.52. The number of benzene rings is 3. The van der Waals surface area contributed by atoms with Crippen molar-refractivity contribution in [3.05, 3.63) is 106 Å². The molecule has 3 aromatic rings. The molecule has 6 heteroatoms. The van der Waals surface area contributed by atoms with Crippen LogP contribution in [-0.2, 0) is 15.8 Å². The Hall–Kier alpha value is -2.37. The highest BCUT2D eigenvalue weighted by molar-refractivity contribution is 6.42. The number of carbonyl (C=O) groups excluding carboxylic acids is 1. The van der Waals surface area contributed by atoms with E-state index in [0.29, 0.717) is 42.4 Å². The molecule has 3 aromatic carbocycles. The topological polar surface area (TPSA) is 43.8 Å². The van der Waals surface area contributed by atoms with E-state index in [0.717, 1.165) is 36.3 Å². The van der Waals surface area contributed by atoms with Gasteiger partial charge in [0.2, 0.25) is 5.91 Å². The number of amides is 1. The molecule has 0 aromatic heterocycles. The van der Waals surface area contributed by atoms with Crippen LogP contribution in [0, 0.1) is 0 Å². The van der Waals surface area contributed by atoms with Crippen LogP contribution in [0.3, 0.4) is 0 Å². The number of hydrogen-bond acceptors (Lipinski definition) is 3. The number of aliphatic hydroxyl groups is 1. The number of piperidine rings is 1. The second-order valence-electron chi connectivity index (χ2n) is 9.87. The molecular weight excluding hydrogens is 503 g/mol. The molecule has 4 nitrogen and oxygen atoms in total. The molecule has 196 valence electrons. The van der Waals surface area contributed by atoms with Crippen LogP contribution in [0.15, 0.2) is 78.9 Å². The Kier molecular flexibility index (Phi) is 8.97.